The Morgan fingerprint density at radius 3 is 2.83 bits per heavy atom. The van der Waals surface area contributed by atoms with Crippen molar-refractivity contribution in [1.82, 2.24) is 9.97 Å². The second kappa shape index (κ2) is 3.17. The summed E-state index contributed by atoms with van der Waals surface area (Å²) < 4.78 is 4.71. The Morgan fingerprint density at radius 2 is 2.33 bits per heavy atom. The number of hydrogen-bond donors (Lipinski definition) is 1. The molecule has 0 aromatic carbocycles. The first-order valence-corrected chi connectivity index (χ1v) is 3.26. The van der Waals surface area contributed by atoms with Crippen LogP contribution in [0.2, 0.25) is 0 Å². The Kier molecular flexibility index (Phi) is 2.23. The van der Waals surface area contributed by atoms with Crippen LogP contribution in [0.5, 0.6) is 5.88 Å². The molecule has 0 saturated heterocycles. The normalized spacial score (nSPS) is 9.50. The summed E-state index contributed by atoms with van der Waals surface area (Å²) in [4.78, 5) is 18.1. The van der Waals surface area contributed by atoms with E-state index in [0.717, 1.165) is 0 Å². The molecule has 64 valence electrons. The molecule has 1 N–H and O–H groups in total. The van der Waals surface area contributed by atoms with Crippen LogP contribution >= 0.6 is 0 Å². The molecule has 1 rings (SSSR count). The molecule has 1 aromatic rings. The largest absolute Gasteiger partial charge is 0.479 e. The van der Waals surface area contributed by atoms with Gasteiger partial charge in [0.25, 0.3) is 0 Å². The number of methoxy groups -OCH3 is 1. The number of hydrogen-bond acceptors (Lipinski definition) is 4. The summed E-state index contributed by atoms with van der Waals surface area (Å²) in [6.07, 6.45) is 1.45. The van der Waals surface area contributed by atoms with E-state index >= 15 is 0 Å². The maximum atomic E-state index is 10.6. The molecule has 1 heterocycles. The number of aromatic carboxylic acids is 1. The van der Waals surface area contributed by atoms with E-state index in [1.807, 2.05) is 0 Å². The van der Waals surface area contributed by atoms with Gasteiger partial charge in [-0.15, -0.1) is 0 Å². The lowest BCUT2D eigenvalue weighted by Crippen LogP contribution is -2.06. The Bertz CT molecular complexity index is 312. The number of aromatic nitrogens is 2. The predicted octanol–water partition coefficient (Wildman–Crippen LogP) is 0.492. The van der Waals surface area contributed by atoms with Gasteiger partial charge in [-0.3, -0.25) is 0 Å². The Labute approximate surface area is 69.0 Å². The highest BCUT2D eigenvalue weighted by molar-refractivity contribution is 5.87. The molecule has 1 aromatic heterocycles. The number of carboxylic acid groups (broad SMARTS) is 1. The minimum absolute atomic E-state index is 0.0353. The summed E-state index contributed by atoms with van der Waals surface area (Å²) in [7, 11) is 1.35. The monoisotopic (exact) mass is 168 g/mol. The number of rotatable bonds is 2. The molecule has 0 aliphatic rings. The summed E-state index contributed by atoms with van der Waals surface area (Å²) in [5.74, 6) is -1.10. The van der Waals surface area contributed by atoms with Crippen LogP contribution in [-0.4, -0.2) is 28.2 Å². The van der Waals surface area contributed by atoms with Crippen molar-refractivity contribution in [2.75, 3.05) is 7.11 Å². The standard InChI is InChI=1S/C7H8N2O3/c1-4-3-8-6(12-2)5(9-4)7(10)11/h3H,1-2H3,(H,10,11). The van der Waals surface area contributed by atoms with Crippen LogP contribution in [0.25, 0.3) is 0 Å². The highest BCUT2D eigenvalue weighted by Crippen LogP contribution is 2.11. The van der Waals surface area contributed by atoms with E-state index in [4.69, 9.17) is 9.84 Å². The molecule has 12 heavy (non-hydrogen) atoms. The molecule has 0 unspecified atom stereocenters. The average molecular weight is 168 g/mol. The van der Waals surface area contributed by atoms with Gasteiger partial charge in [-0.1, -0.05) is 0 Å². The van der Waals surface area contributed by atoms with Crippen molar-refractivity contribution in [3.05, 3.63) is 17.6 Å². The molecule has 5 nitrogen and oxygen atoms in total. The third kappa shape index (κ3) is 1.50. The van der Waals surface area contributed by atoms with Crippen molar-refractivity contribution in [3.63, 3.8) is 0 Å². The third-order valence-electron chi connectivity index (χ3n) is 1.26. The highest BCUT2D eigenvalue weighted by Gasteiger charge is 2.13. The molecule has 5 heteroatoms. The van der Waals surface area contributed by atoms with Crippen molar-refractivity contribution in [2.45, 2.75) is 6.92 Å². The van der Waals surface area contributed by atoms with Crippen LogP contribution in [0.3, 0.4) is 0 Å². The van der Waals surface area contributed by atoms with Crippen LogP contribution in [0.1, 0.15) is 16.2 Å². The summed E-state index contributed by atoms with van der Waals surface area (Å²) in [6, 6.07) is 0. The fourth-order valence-corrected chi connectivity index (χ4v) is 0.755. The molecule has 0 aliphatic heterocycles. The highest BCUT2D eigenvalue weighted by atomic mass is 16.5. The zero-order valence-corrected chi connectivity index (χ0v) is 6.74. The second-order valence-corrected chi connectivity index (χ2v) is 2.17. The first-order valence-electron chi connectivity index (χ1n) is 3.26. The number of carbonyl (C=O) groups is 1. The topological polar surface area (TPSA) is 72.3 Å². The van der Waals surface area contributed by atoms with Crippen LogP contribution in [0.15, 0.2) is 6.20 Å². The zero-order chi connectivity index (χ0) is 9.14. The third-order valence-corrected chi connectivity index (χ3v) is 1.26. The molecule has 0 spiro atoms. The van der Waals surface area contributed by atoms with Crippen LogP contribution in [0, 0.1) is 6.92 Å². The van der Waals surface area contributed by atoms with E-state index in [-0.39, 0.29) is 11.6 Å². The van der Waals surface area contributed by atoms with Crippen molar-refractivity contribution in [2.24, 2.45) is 0 Å². The van der Waals surface area contributed by atoms with Gasteiger partial charge in [0, 0.05) is 0 Å². The van der Waals surface area contributed by atoms with E-state index in [0.29, 0.717) is 5.69 Å². The molecule has 0 fully saturated rings. The van der Waals surface area contributed by atoms with Gasteiger partial charge in [-0.25, -0.2) is 14.8 Å². The van der Waals surface area contributed by atoms with E-state index in [1.54, 1.807) is 6.92 Å². The maximum absolute atomic E-state index is 10.6. The maximum Gasteiger partial charge on any atom is 0.360 e. The first kappa shape index (κ1) is 8.45. The molecule has 0 bridgehead atoms. The molecule has 0 saturated carbocycles. The average Bonchev–Trinajstić information content (AvgIpc) is 2.04. The zero-order valence-electron chi connectivity index (χ0n) is 6.74. The van der Waals surface area contributed by atoms with Crippen LogP contribution < -0.4 is 4.74 Å². The second-order valence-electron chi connectivity index (χ2n) is 2.17. The Balaban J connectivity index is 3.21. The molecule has 0 amide bonds. The van der Waals surface area contributed by atoms with Gasteiger partial charge < -0.3 is 9.84 Å². The smallest absolute Gasteiger partial charge is 0.360 e. The first-order chi connectivity index (χ1) is 5.65. The summed E-state index contributed by atoms with van der Waals surface area (Å²) in [5, 5.41) is 8.64. The minimum Gasteiger partial charge on any atom is -0.479 e. The fraction of sp³-hybridized carbons (Fsp3) is 0.286. The SMILES string of the molecule is COc1ncc(C)nc1C(=O)O. The number of ether oxygens (including phenoxy) is 1. The number of carboxylic acids is 1. The summed E-state index contributed by atoms with van der Waals surface area (Å²) in [5.41, 5.74) is 0.394. The molecule has 0 aliphatic carbocycles. The predicted molar refractivity (Wildman–Crippen MR) is 40.3 cm³/mol. The molecule has 0 radical (unpaired) electrons. The lowest BCUT2D eigenvalue weighted by atomic mass is 10.4. The fourth-order valence-electron chi connectivity index (χ4n) is 0.755. The van der Waals surface area contributed by atoms with Gasteiger partial charge in [-0.05, 0) is 6.92 Å². The van der Waals surface area contributed by atoms with Crippen molar-refractivity contribution < 1.29 is 14.6 Å². The van der Waals surface area contributed by atoms with Crippen molar-refractivity contribution in [3.8, 4) is 5.88 Å². The van der Waals surface area contributed by atoms with Gasteiger partial charge in [0.2, 0.25) is 11.6 Å². The van der Waals surface area contributed by atoms with Crippen LogP contribution in [0.4, 0.5) is 0 Å². The van der Waals surface area contributed by atoms with E-state index in [1.165, 1.54) is 13.3 Å². The number of aryl methyl sites for hydroxylation is 1. The lowest BCUT2D eigenvalue weighted by molar-refractivity contribution is 0.0685. The number of nitrogens with zero attached hydrogens (tertiary/aromatic N) is 2. The van der Waals surface area contributed by atoms with Gasteiger partial charge in [0.05, 0.1) is 19.0 Å². The minimum atomic E-state index is -1.14. The van der Waals surface area contributed by atoms with Crippen molar-refractivity contribution >= 4 is 5.97 Å². The summed E-state index contributed by atoms with van der Waals surface area (Å²) >= 11 is 0. The Morgan fingerprint density at radius 1 is 1.67 bits per heavy atom. The molecule has 0 atom stereocenters. The summed E-state index contributed by atoms with van der Waals surface area (Å²) in [6.45, 7) is 1.67. The molecular formula is C7H8N2O3. The van der Waals surface area contributed by atoms with E-state index in [2.05, 4.69) is 9.97 Å². The van der Waals surface area contributed by atoms with Gasteiger partial charge in [0.1, 0.15) is 0 Å². The van der Waals surface area contributed by atoms with Gasteiger partial charge >= 0.3 is 5.97 Å². The van der Waals surface area contributed by atoms with E-state index in [9.17, 15) is 4.79 Å². The Hall–Kier alpha value is -1.65. The van der Waals surface area contributed by atoms with Gasteiger partial charge in [0.15, 0.2) is 0 Å². The van der Waals surface area contributed by atoms with Crippen LogP contribution in [-0.2, 0) is 0 Å². The quantitative estimate of drug-likeness (QED) is 0.695. The molecular weight excluding hydrogens is 160 g/mol. The van der Waals surface area contributed by atoms with Crippen molar-refractivity contribution in [1.29, 1.82) is 0 Å². The lowest BCUT2D eigenvalue weighted by Gasteiger charge is -2.01. The van der Waals surface area contributed by atoms with Gasteiger partial charge in [-0.2, -0.15) is 0 Å². The van der Waals surface area contributed by atoms with E-state index < -0.39 is 5.97 Å².